The fourth-order valence-electron chi connectivity index (χ4n) is 1.95. The minimum Gasteiger partial charge on any atom is -0.496 e. The van der Waals surface area contributed by atoms with Gasteiger partial charge in [-0.15, -0.1) is 0 Å². The molecule has 0 radical (unpaired) electrons. The van der Waals surface area contributed by atoms with Gasteiger partial charge in [-0.2, -0.15) is 0 Å². The summed E-state index contributed by atoms with van der Waals surface area (Å²) in [5, 5.41) is -0.296. The largest absolute Gasteiger partial charge is 0.496 e. The van der Waals surface area contributed by atoms with E-state index in [1.165, 1.54) is 0 Å². The Hall–Kier alpha value is -1.03. The number of aryl methyl sites for hydroxylation is 1. The molecule has 0 saturated carbocycles. The van der Waals surface area contributed by atoms with Gasteiger partial charge in [0.15, 0.2) is 9.84 Å². The Labute approximate surface area is 104 Å². The van der Waals surface area contributed by atoms with Gasteiger partial charge < -0.3 is 4.74 Å². The third kappa shape index (κ3) is 2.80. The summed E-state index contributed by atoms with van der Waals surface area (Å²) in [4.78, 5) is 0.393. The van der Waals surface area contributed by atoms with Crippen molar-refractivity contribution < 1.29 is 13.2 Å². The van der Waals surface area contributed by atoms with Crippen molar-refractivity contribution >= 4 is 9.84 Å². The summed E-state index contributed by atoms with van der Waals surface area (Å²) in [7, 11) is -1.62. The molecule has 1 rings (SSSR count). The third-order valence-corrected chi connectivity index (χ3v) is 5.50. The molecule has 0 aliphatic heterocycles. The van der Waals surface area contributed by atoms with Crippen LogP contribution in [0.3, 0.4) is 0 Å². The van der Waals surface area contributed by atoms with Crippen molar-refractivity contribution in [1.29, 1.82) is 0 Å². The zero-order valence-electron chi connectivity index (χ0n) is 10.9. The Balaban J connectivity index is 3.20. The van der Waals surface area contributed by atoms with Gasteiger partial charge in [-0.05, 0) is 43.5 Å². The Morgan fingerprint density at radius 2 is 1.82 bits per heavy atom. The molecule has 4 heteroatoms. The molecule has 96 valence electrons. The van der Waals surface area contributed by atoms with Gasteiger partial charge in [0.25, 0.3) is 0 Å². The van der Waals surface area contributed by atoms with Crippen LogP contribution in [0.4, 0.5) is 0 Å². The summed E-state index contributed by atoms with van der Waals surface area (Å²) in [6, 6.07) is 5.02. The van der Waals surface area contributed by atoms with E-state index in [1.807, 2.05) is 20.8 Å². The molecule has 0 aliphatic carbocycles. The Kier molecular flexibility index (Phi) is 4.57. The van der Waals surface area contributed by atoms with Crippen LogP contribution < -0.4 is 4.74 Å². The number of sulfone groups is 1. The van der Waals surface area contributed by atoms with Gasteiger partial charge in [0.1, 0.15) is 5.75 Å². The number of methoxy groups -OCH3 is 1. The van der Waals surface area contributed by atoms with Gasteiger partial charge in [-0.1, -0.05) is 13.8 Å². The molecule has 0 unspecified atom stereocenters. The van der Waals surface area contributed by atoms with E-state index in [2.05, 4.69) is 0 Å². The molecule has 0 aliphatic rings. The molecule has 1 aromatic rings. The van der Waals surface area contributed by atoms with Crippen LogP contribution in [0.25, 0.3) is 0 Å². The molecular weight excluding hydrogens is 236 g/mol. The number of ether oxygens (including phenoxy) is 1. The zero-order valence-corrected chi connectivity index (χ0v) is 11.7. The molecule has 1 aromatic carbocycles. The highest BCUT2D eigenvalue weighted by atomic mass is 32.2. The minimum atomic E-state index is -3.20. The minimum absolute atomic E-state index is 0.296. The fraction of sp³-hybridized carbons (Fsp3) is 0.538. The lowest BCUT2D eigenvalue weighted by Gasteiger charge is -2.15. The van der Waals surface area contributed by atoms with Crippen molar-refractivity contribution in [1.82, 2.24) is 0 Å². The zero-order chi connectivity index (χ0) is 13.1. The van der Waals surface area contributed by atoms with Crippen molar-refractivity contribution in [3.05, 3.63) is 23.8 Å². The predicted octanol–water partition coefficient (Wildman–Crippen LogP) is 2.97. The second kappa shape index (κ2) is 5.54. The summed E-state index contributed by atoms with van der Waals surface area (Å²) >= 11 is 0. The number of rotatable bonds is 5. The van der Waals surface area contributed by atoms with Crippen molar-refractivity contribution in [3.63, 3.8) is 0 Å². The summed E-state index contributed by atoms with van der Waals surface area (Å²) in [6.45, 7) is 5.66. The van der Waals surface area contributed by atoms with E-state index in [9.17, 15) is 8.42 Å². The van der Waals surface area contributed by atoms with Gasteiger partial charge in [0, 0.05) is 0 Å². The Morgan fingerprint density at radius 3 is 2.24 bits per heavy atom. The monoisotopic (exact) mass is 256 g/mol. The topological polar surface area (TPSA) is 43.4 Å². The van der Waals surface area contributed by atoms with Gasteiger partial charge in [-0.3, -0.25) is 0 Å². The van der Waals surface area contributed by atoms with E-state index in [0.717, 1.165) is 5.56 Å². The van der Waals surface area contributed by atoms with Crippen molar-refractivity contribution in [3.8, 4) is 5.75 Å². The summed E-state index contributed by atoms with van der Waals surface area (Å²) in [6.07, 6.45) is 1.29. The SMILES string of the molecule is CCC(CC)S(=O)(=O)c1ccc(OC)c(C)c1. The maximum atomic E-state index is 12.3. The molecule has 17 heavy (non-hydrogen) atoms. The third-order valence-electron chi connectivity index (χ3n) is 3.04. The Morgan fingerprint density at radius 1 is 1.24 bits per heavy atom. The summed E-state index contributed by atoms with van der Waals surface area (Å²) < 4.78 is 29.7. The Bertz CT molecular complexity index is 473. The first-order valence-electron chi connectivity index (χ1n) is 5.85. The van der Waals surface area contributed by atoms with Crippen molar-refractivity contribution in [2.75, 3.05) is 7.11 Å². The molecule has 0 amide bonds. The van der Waals surface area contributed by atoms with Crippen LogP contribution >= 0.6 is 0 Å². The summed E-state index contributed by atoms with van der Waals surface area (Å²) in [5.74, 6) is 0.716. The maximum absolute atomic E-state index is 12.3. The molecule has 0 atom stereocenters. The van der Waals surface area contributed by atoms with Crippen LogP contribution in [0, 0.1) is 6.92 Å². The molecule has 0 saturated heterocycles. The van der Waals surface area contributed by atoms with Gasteiger partial charge in [0.05, 0.1) is 17.3 Å². The van der Waals surface area contributed by atoms with Crippen LogP contribution in [0.1, 0.15) is 32.3 Å². The standard InChI is InChI=1S/C13H20O3S/c1-5-11(6-2)17(14,15)12-7-8-13(16-4)10(3)9-12/h7-9,11H,5-6H2,1-4H3. The first-order valence-corrected chi connectivity index (χ1v) is 7.40. The summed E-state index contributed by atoms with van der Waals surface area (Å²) in [5.41, 5.74) is 0.847. The molecule has 0 aromatic heterocycles. The molecule has 3 nitrogen and oxygen atoms in total. The molecular formula is C13H20O3S. The molecule has 0 fully saturated rings. The highest BCUT2D eigenvalue weighted by molar-refractivity contribution is 7.92. The van der Waals surface area contributed by atoms with Gasteiger partial charge >= 0.3 is 0 Å². The van der Waals surface area contributed by atoms with E-state index in [1.54, 1.807) is 25.3 Å². The lowest BCUT2D eigenvalue weighted by atomic mass is 10.2. The molecule has 0 bridgehead atoms. The number of hydrogen-bond acceptors (Lipinski definition) is 3. The van der Waals surface area contributed by atoms with Gasteiger partial charge in [-0.25, -0.2) is 8.42 Å². The normalized spacial score (nSPS) is 11.8. The van der Waals surface area contributed by atoms with Crippen molar-refractivity contribution in [2.24, 2.45) is 0 Å². The van der Waals surface area contributed by atoms with Crippen molar-refractivity contribution in [2.45, 2.75) is 43.8 Å². The average Bonchev–Trinajstić information content (AvgIpc) is 2.30. The molecule has 0 heterocycles. The van der Waals surface area contributed by atoms with E-state index in [4.69, 9.17) is 4.74 Å². The van der Waals surface area contributed by atoms with Crippen LogP contribution in [0.2, 0.25) is 0 Å². The highest BCUT2D eigenvalue weighted by Crippen LogP contribution is 2.25. The van der Waals surface area contributed by atoms with E-state index in [-0.39, 0.29) is 5.25 Å². The second-order valence-corrected chi connectivity index (χ2v) is 6.34. The molecule has 0 N–H and O–H groups in total. The lowest BCUT2D eigenvalue weighted by molar-refractivity contribution is 0.411. The van der Waals surface area contributed by atoms with Crippen LogP contribution in [-0.2, 0) is 9.84 Å². The molecule has 0 spiro atoms. The number of hydrogen-bond donors (Lipinski definition) is 0. The van der Waals surface area contributed by atoms with Crippen LogP contribution in [0.15, 0.2) is 23.1 Å². The van der Waals surface area contributed by atoms with Gasteiger partial charge in [0.2, 0.25) is 0 Å². The second-order valence-electron chi connectivity index (χ2n) is 4.11. The van der Waals surface area contributed by atoms with E-state index < -0.39 is 9.84 Å². The van der Waals surface area contributed by atoms with E-state index >= 15 is 0 Å². The van der Waals surface area contributed by atoms with Crippen LogP contribution in [-0.4, -0.2) is 20.8 Å². The lowest BCUT2D eigenvalue weighted by Crippen LogP contribution is -2.19. The fourth-order valence-corrected chi connectivity index (χ4v) is 3.81. The number of benzene rings is 1. The smallest absolute Gasteiger partial charge is 0.181 e. The van der Waals surface area contributed by atoms with Crippen LogP contribution in [0.5, 0.6) is 5.75 Å². The maximum Gasteiger partial charge on any atom is 0.181 e. The van der Waals surface area contributed by atoms with E-state index in [0.29, 0.717) is 23.5 Å². The first-order chi connectivity index (χ1) is 7.97. The predicted molar refractivity (Wildman–Crippen MR) is 69.3 cm³/mol. The average molecular weight is 256 g/mol. The first kappa shape index (κ1) is 14.0. The highest BCUT2D eigenvalue weighted by Gasteiger charge is 2.24. The quantitative estimate of drug-likeness (QED) is 0.813.